The summed E-state index contributed by atoms with van der Waals surface area (Å²) in [7, 11) is 0. The fourth-order valence-corrected chi connectivity index (χ4v) is 3.53. The van der Waals surface area contributed by atoms with Gasteiger partial charge in [-0.3, -0.25) is 4.79 Å². The molecule has 102 valence electrons. The molecule has 0 radical (unpaired) electrons. The number of amides is 1. The van der Waals surface area contributed by atoms with Crippen LogP contribution in [0, 0.1) is 9.49 Å². The van der Waals surface area contributed by atoms with Gasteiger partial charge in [0.1, 0.15) is 0 Å². The summed E-state index contributed by atoms with van der Waals surface area (Å²) < 4.78 is 6.78. The van der Waals surface area contributed by atoms with E-state index in [-0.39, 0.29) is 24.1 Å². The van der Waals surface area contributed by atoms with Crippen LogP contribution in [0.15, 0.2) is 24.3 Å². The summed E-state index contributed by atoms with van der Waals surface area (Å²) >= 11 is 2.20. The third-order valence-electron chi connectivity index (χ3n) is 4.06. The highest BCUT2D eigenvalue weighted by Gasteiger charge is 2.51. The lowest BCUT2D eigenvalue weighted by Gasteiger charge is -2.52. The highest BCUT2D eigenvalue weighted by molar-refractivity contribution is 14.1. The number of hydrogen-bond acceptors (Lipinski definition) is 3. The smallest absolute Gasteiger partial charge is 0.251 e. The molecule has 5 heteroatoms. The molecule has 3 N–H and O–H groups in total. The Morgan fingerprint density at radius 1 is 1.47 bits per heavy atom. The van der Waals surface area contributed by atoms with Gasteiger partial charge in [-0.2, -0.15) is 0 Å². The first-order valence-corrected chi connectivity index (χ1v) is 7.68. The summed E-state index contributed by atoms with van der Waals surface area (Å²) in [6, 6.07) is 7.53. The first-order valence-electron chi connectivity index (χ1n) is 6.60. The second-order valence-corrected chi connectivity index (χ2v) is 6.47. The lowest BCUT2D eigenvalue weighted by molar-refractivity contribution is -0.117. The van der Waals surface area contributed by atoms with Crippen molar-refractivity contribution in [2.45, 2.75) is 31.0 Å². The molecule has 0 bridgehead atoms. The van der Waals surface area contributed by atoms with E-state index >= 15 is 0 Å². The summed E-state index contributed by atoms with van der Waals surface area (Å²) in [4.78, 5) is 12.2. The lowest BCUT2D eigenvalue weighted by Crippen LogP contribution is -2.72. The Kier molecular flexibility index (Phi) is 3.77. The average molecular weight is 372 g/mol. The number of halogens is 1. The molecule has 1 saturated heterocycles. The maximum absolute atomic E-state index is 12.2. The van der Waals surface area contributed by atoms with Crippen molar-refractivity contribution in [1.29, 1.82) is 0 Å². The normalized spacial score (nSPS) is 33.2. The molecule has 1 amide bonds. The molecule has 1 aromatic rings. The minimum absolute atomic E-state index is 0.0250. The monoisotopic (exact) mass is 372 g/mol. The summed E-state index contributed by atoms with van der Waals surface area (Å²) in [6.07, 6.45) is 2.30. The standard InChI is InChI=1S/C14H17IN2O2/c15-9-4-1-3-8(7-9)14(18)17-12-11(16)10-5-2-6-19-13(10)12/h1,3-4,7,10-13H,2,5-6,16H2,(H,17,18). The third-order valence-corrected chi connectivity index (χ3v) is 4.73. The molecule has 1 heterocycles. The van der Waals surface area contributed by atoms with Gasteiger partial charge in [0, 0.05) is 27.7 Å². The Bertz CT molecular complexity index is 494. The van der Waals surface area contributed by atoms with Gasteiger partial charge in [-0.25, -0.2) is 0 Å². The zero-order valence-electron chi connectivity index (χ0n) is 10.5. The number of fused-ring (bicyclic) bond motifs is 1. The number of nitrogens with two attached hydrogens (primary N) is 1. The maximum atomic E-state index is 12.2. The number of nitrogens with one attached hydrogen (secondary N) is 1. The second kappa shape index (κ2) is 5.38. The summed E-state index contributed by atoms with van der Waals surface area (Å²) in [5.74, 6) is 0.349. The van der Waals surface area contributed by atoms with E-state index in [1.54, 1.807) is 0 Å². The molecule has 2 aliphatic rings. The molecule has 0 aromatic heterocycles. The Balaban J connectivity index is 1.67. The highest BCUT2D eigenvalue weighted by atomic mass is 127. The van der Waals surface area contributed by atoms with Gasteiger partial charge in [0.15, 0.2) is 0 Å². The zero-order valence-corrected chi connectivity index (χ0v) is 12.7. The first-order chi connectivity index (χ1) is 9.16. The van der Waals surface area contributed by atoms with Crippen LogP contribution in [0.2, 0.25) is 0 Å². The predicted molar refractivity (Wildman–Crippen MR) is 80.9 cm³/mol. The quantitative estimate of drug-likeness (QED) is 0.774. The van der Waals surface area contributed by atoms with E-state index in [0.29, 0.717) is 11.5 Å². The second-order valence-electron chi connectivity index (χ2n) is 5.23. The topological polar surface area (TPSA) is 64.3 Å². The molecule has 2 fully saturated rings. The summed E-state index contributed by atoms with van der Waals surface area (Å²) in [6.45, 7) is 0.781. The van der Waals surface area contributed by atoms with Gasteiger partial charge in [-0.05, 0) is 53.6 Å². The number of hydrogen-bond donors (Lipinski definition) is 2. The van der Waals surface area contributed by atoms with Gasteiger partial charge in [-0.15, -0.1) is 0 Å². The van der Waals surface area contributed by atoms with E-state index in [4.69, 9.17) is 10.5 Å². The molecule has 1 aliphatic carbocycles. The van der Waals surface area contributed by atoms with Crippen LogP contribution in [0.1, 0.15) is 23.2 Å². The number of rotatable bonds is 2. The summed E-state index contributed by atoms with van der Waals surface area (Å²) in [5.41, 5.74) is 6.82. The van der Waals surface area contributed by atoms with Crippen molar-refractivity contribution in [3.63, 3.8) is 0 Å². The van der Waals surface area contributed by atoms with Crippen LogP contribution in [0.4, 0.5) is 0 Å². The van der Waals surface area contributed by atoms with Crippen molar-refractivity contribution in [3.8, 4) is 0 Å². The fraction of sp³-hybridized carbons (Fsp3) is 0.500. The molecular formula is C14H17IN2O2. The molecule has 4 nitrogen and oxygen atoms in total. The number of benzene rings is 1. The van der Waals surface area contributed by atoms with E-state index in [9.17, 15) is 4.79 Å². The van der Waals surface area contributed by atoms with Crippen LogP contribution in [-0.2, 0) is 4.74 Å². The van der Waals surface area contributed by atoms with Crippen molar-refractivity contribution in [3.05, 3.63) is 33.4 Å². The van der Waals surface area contributed by atoms with Crippen molar-refractivity contribution < 1.29 is 9.53 Å². The molecule has 0 spiro atoms. The molecule has 4 atom stereocenters. The Hall–Kier alpha value is -0.660. The van der Waals surface area contributed by atoms with Crippen LogP contribution < -0.4 is 11.1 Å². The Morgan fingerprint density at radius 2 is 2.32 bits per heavy atom. The third kappa shape index (κ3) is 2.51. The molecule has 4 unspecified atom stereocenters. The molecule has 1 aromatic carbocycles. The largest absolute Gasteiger partial charge is 0.376 e. The van der Waals surface area contributed by atoms with E-state index in [2.05, 4.69) is 27.9 Å². The minimum atomic E-state index is -0.0633. The molecule has 19 heavy (non-hydrogen) atoms. The lowest BCUT2D eigenvalue weighted by atomic mass is 9.68. The predicted octanol–water partition coefficient (Wildman–Crippen LogP) is 1.53. The average Bonchev–Trinajstić information content (AvgIpc) is 2.44. The van der Waals surface area contributed by atoms with E-state index in [1.807, 2.05) is 24.3 Å². The van der Waals surface area contributed by atoms with Gasteiger partial charge in [0.25, 0.3) is 5.91 Å². The molecular weight excluding hydrogens is 355 g/mol. The van der Waals surface area contributed by atoms with Crippen molar-refractivity contribution in [1.82, 2.24) is 5.32 Å². The maximum Gasteiger partial charge on any atom is 0.251 e. The Labute approximate surface area is 126 Å². The number of ether oxygens (including phenoxy) is 1. The van der Waals surface area contributed by atoms with Crippen LogP contribution >= 0.6 is 22.6 Å². The fourth-order valence-electron chi connectivity index (χ4n) is 2.99. The number of carbonyl (C=O) groups excluding carboxylic acids is 1. The first kappa shape index (κ1) is 13.3. The van der Waals surface area contributed by atoms with Crippen molar-refractivity contribution in [2.75, 3.05) is 6.61 Å². The van der Waals surface area contributed by atoms with Crippen LogP contribution in [0.5, 0.6) is 0 Å². The van der Waals surface area contributed by atoms with E-state index < -0.39 is 0 Å². The van der Waals surface area contributed by atoms with E-state index in [1.165, 1.54) is 0 Å². The molecule has 1 saturated carbocycles. The van der Waals surface area contributed by atoms with Gasteiger partial charge >= 0.3 is 0 Å². The van der Waals surface area contributed by atoms with Gasteiger partial charge in [0.2, 0.25) is 0 Å². The van der Waals surface area contributed by atoms with Crippen LogP contribution in [-0.4, -0.2) is 30.7 Å². The van der Waals surface area contributed by atoms with Gasteiger partial charge in [-0.1, -0.05) is 6.07 Å². The highest BCUT2D eigenvalue weighted by Crippen LogP contribution is 2.37. The number of carbonyl (C=O) groups is 1. The van der Waals surface area contributed by atoms with Crippen molar-refractivity contribution >= 4 is 28.5 Å². The van der Waals surface area contributed by atoms with Crippen LogP contribution in [0.25, 0.3) is 0 Å². The Morgan fingerprint density at radius 3 is 3.11 bits per heavy atom. The van der Waals surface area contributed by atoms with Crippen molar-refractivity contribution in [2.24, 2.45) is 11.7 Å². The molecule has 1 aliphatic heterocycles. The summed E-state index contributed by atoms with van der Waals surface area (Å²) in [5, 5.41) is 3.02. The zero-order chi connectivity index (χ0) is 13.4. The van der Waals surface area contributed by atoms with Gasteiger partial charge in [0.05, 0.1) is 12.1 Å². The van der Waals surface area contributed by atoms with Gasteiger partial charge < -0.3 is 15.8 Å². The van der Waals surface area contributed by atoms with E-state index in [0.717, 1.165) is 23.0 Å². The minimum Gasteiger partial charge on any atom is -0.376 e. The SMILES string of the molecule is NC1C2CCCOC2C1NC(=O)c1cccc(I)c1. The molecule has 3 rings (SSSR count). The van der Waals surface area contributed by atoms with Crippen LogP contribution in [0.3, 0.4) is 0 Å².